The van der Waals surface area contributed by atoms with E-state index < -0.39 is 0 Å². The third-order valence-electron chi connectivity index (χ3n) is 2.27. The molecule has 0 radical (unpaired) electrons. The van der Waals surface area contributed by atoms with Crippen LogP contribution in [-0.2, 0) is 0 Å². The van der Waals surface area contributed by atoms with Crippen molar-refractivity contribution in [2.75, 3.05) is 0 Å². The summed E-state index contributed by atoms with van der Waals surface area (Å²) in [6.45, 7) is 11.3. The molecule has 0 atom stereocenters. The van der Waals surface area contributed by atoms with Crippen LogP contribution >= 0.6 is 0 Å². The molecule has 0 nitrogen and oxygen atoms in total. The Kier molecular flexibility index (Phi) is 388. The third-order valence-corrected chi connectivity index (χ3v) is 2.27. The van der Waals surface area contributed by atoms with Crippen molar-refractivity contribution in [1.29, 1.82) is 0 Å². The van der Waals surface area contributed by atoms with Gasteiger partial charge in [-0.3, -0.25) is 0 Å². The molecule has 0 aliphatic rings. The van der Waals surface area contributed by atoms with Crippen LogP contribution in [0.5, 0.6) is 0 Å². The van der Waals surface area contributed by atoms with Gasteiger partial charge in [0.25, 0.3) is 0 Å². The van der Waals surface area contributed by atoms with Crippen LogP contribution in [0.15, 0.2) is 0 Å². The summed E-state index contributed by atoms with van der Waals surface area (Å²) in [5.41, 5.74) is 0. The Balaban J connectivity index is -0.00000000758. The monoisotopic (exact) mass is 347 g/mol. The highest BCUT2D eigenvalue weighted by Crippen LogP contribution is 2.10. The van der Waals surface area contributed by atoms with Gasteiger partial charge in [0.2, 0.25) is 0 Å². The summed E-state index contributed by atoms with van der Waals surface area (Å²) in [5, 5.41) is 0. The SMILES string of the molecule is C.C.C.C.C.C.C.C.C.C.CCCC(C)CCC.CCCCC. The van der Waals surface area contributed by atoms with Crippen LogP contribution in [0, 0.1) is 5.92 Å². The van der Waals surface area contributed by atoms with Gasteiger partial charge in [-0.2, -0.15) is 0 Å². The molecule has 0 spiro atoms. The molecular formula is C23H70. The maximum atomic E-state index is 2.34. The molecule has 0 aromatic carbocycles. The van der Waals surface area contributed by atoms with Crippen LogP contribution in [0.25, 0.3) is 0 Å². The lowest BCUT2D eigenvalue weighted by atomic mass is 10.0. The third kappa shape index (κ3) is 138. The second kappa shape index (κ2) is 97.0. The van der Waals surface area contributed by atoms with Crippen molar-refractivity contribution in [3.05, 3.63) is 0 Å². The number of hydrogen-bond acceptors (Lipinski definition) is 0. The molecular weight excluding hydrogens is 276 g/mol. The topological polar surface area (TPSA) is 0 Å². The van der Waals surface area contributed by atoms with Crippen molar-refractivity contribution in [2.45, 2.75) is 154 Å². The number of hydrogen-bond donors (Lipinski definition) is 0. The van der Waals surface area contributed by atoms with E-state index in [4.69, 9.17) is 0 Å². The maximum absolute atomic E-state index is 2.34. The van der Waals surface area contributed by atoms with E-state index in [1.807, 2.05) is 0 Å². The van der Waals surface area contributed by atoms with E-state index in [1.165, 1.54) is 44.9 Å². The lowest BCUT2D eigenvalue weighted by Gasteiger charge is -2.05. The first-order valence-electron chi connectivity index (χ1n) is 6.22. The van der Waals surface area contributed by atoms with Gasteiger partial charge >= 0.3 is 0 Å². The molecule has 0 amide bonds. The van der Waals surface area contributed by atoms with Gasteiger partial charge in [-0.15, -0.1) is 0 Å². The molecule has 0 saturated carbocycles. The van der Waals surface area contributed by atoms with E-state index in [0.717, 1.165) is 5.92 Å². The summed E-state index contributed by atoms with van der Waals surface area (Å²) in [5.74, 6) is 0.963. The lowest BCUT2D eigenvalue weighted by molar-refractivity contribution is 0.480. The van der Waals surface area contributed by atoms with E-state index in [2.05, 4.69) is 34.6 Å². The normalized spacial score (nSPS) is 5.48. The maximum Gasteiger partial charge on any atom is -0.0443 e. The molecule has 0 saturated heterocycles. The number of unbranched alkanes of at least 4 members (excludes halogenated alkanes) is 2. The van der Waals surface area contributed by atoms with Gasteiger partial charge in [0, 0.05) is 0 Å². The predicted molar refractivity (Wildman–Crippen MR) is 131 cm³/mol. The Morgan fingerprint density at radius 3 is 0.739 bits per heavy atom. The second-order valence-corrected chi connectivity index (χ2v) is 4.04. The molecule has 0 aromatic rings. The zero-order chi connectivity index (χ0) is 10.5. The molecule has 0 unspecified atom stereocenters. The zero-order valence-corrected chi connectivity index (χ0v) is 10.5. The van der Waals surface area contributed by atoms with Crippen LogP contribution < -0.4 is 0 Å². The van der Waals surface area contributed by atoms with Crippen LogP contribution in [-0.4, -0.2) is 0 Å². The predicted octanol–water partition coefficient (Wildman–Crippen LogP) is 11.8. The Morgan fingerprint density at radius 1 is 0.435 bits per heavy atom. The minimum absolute atomic E-state index is 0. The van der Waals surface area contributed by atoms with Crippen molar-refractivity contribution in [1.82, 2.24) is 0 Å². The van der Waals surface area contributed by atoms with E-state index >= 15 is 0 Å². The minimum Gasteiger partial charge on any atom is -0.0776 e. The van der Waals surface area contributed by atoms with Crippen molar-refractivity contribution in [3.8, 4) is 0 Å². The highest BCUT2D eigenvalue weighted by Gasteiger charge is 1.95. The van der Waals surface area contributed by atoms with E-state index in [9.17, 15) is 0 Å². The quantitative estimate of drug-likeness (QED) is 0.448. The largest absolute Gasteiger partial charge is 0.0776 e. The Hall–Kier alpha value is 0. The molecule has 0 heteroatoms. The highest BCUT2D eigenvalue weighted by atomic mass is 14.0. The molecule has 0 aliphatic carbocycles. The Bertz CT molecular complexity index is 58.4. The standard InChI is InChI=1S/C8H18.C5H12.10CH4/c1-4-6-8(3)7-5-2;1-3-5-4-2;;;;;;;;;;/h8H,4-7H2,1-3H3;3-5H2,1-2H3;10*1H4. The first kappa shape index (κ1) is 92.0. The van der Waals surface area contributed by atoms with E-state index in [1.54, 1.807) is 0 Å². The van der Waals surface area contributed by atoms with Crippen LogP contribution in [0.4, 0.5) is 0 Å². The van der Waals surface area contributed by atoms with Crippen molar-refractivity contribution in [2.24, 2.45) is 5.92 Å². The Morgan fingerprint density at radius 2 is 0.652 bits per heavy atom. The summed E-state index contributed by atoms with van der Waals surface area (Å²) in [6.07, 6.45) is 9.59. The molecule has 0 rings (SSSR count). The molecule has 0 bridgehead atoms. The first-order valence-corrected chi connectivity index (χ1v) is 6.22. The fourth-order valence-corrected chi connectivity index (χ4v) is 1.48. The summed E-state index contributed by atoms with van der Waals surface area (Å²) >= 11 is 0. The number of rotatable bonds is 6. The molecule has 0 aliphatic heterocycles. The average Bonchev–Trinajstić information content (AvgIpc) is 2.08. The molecule has 0 N–H and O–H groups in total. The molecule has 23 heavy (non-hydrogen) atoms. The summed E-state index contributed by atoms with van der Waals surface area (Å²) in [7, 11) is 0. The smallest absolute Gasteiger partial charge is 0.0443 e. The van der Waals surface area contributed by atoms with E-state index in [0.29, 0.717) is 0 Å². The van der Waals surface area contributed by atoms with Gasteiger partial charge in [0.1, 0.15) is 0 Å². The minimum atomic E-state index is 0. The van der Waals surface area contributed by atoms with Gasteiger partial charge in [0.15, 0.2) is 0 Å². The Labute approximate surface area is 160 Å². The van der Waals surface area contributed by atoms with Gasteiger partial charge in [-0.1, -0.05) is 154 Å². The van der Waals surface area contributed by atoms with Crippen LogP contribution in [0.2, 0.25) is 0 Å². The van der Waals surface area contributed by atoms with Gasteiger partial charge < -0.3 is 0 Å². The molecule has 162 valence electrons. The van der Waals surface area contributed by atoms with Gasteiger partial charge in [-0.25, -0.2) is 0 Å². The van der Waals surface area contributed by atoms with Gasteiger partial charge in [-0.05, 0) is 5.92 Å². The fourth-order valence-electron chi connectivity index (χ4n) is 1.48. The van der Waals surface area contributed by atoms with Crippen molar-refractivity contribution >= 4 is 0 Å². The molecule has 0 aromatic heterocycles. The highest BCUT2D eigenvalue weighted by molar-refractivity contribution is 4.48. The summed E-state index contributed by atoms with van der Waals surface area (Å²) in [6, 6.07) is 0. The molecule has 0 heterocycles. The second-order valence-electron chi connectivity index (χ2n) is 4.04. The van der Waals surface area contributed by atoms with Gasteiger partial charge in [0.05, 0.1) is 0 Å². The van der Waals surface area contributed by atoms with Crippen molar-refractivity contribution in [3.63, 3.8) is 0 Å². The first-order chi connectivity index (χ1) is 6.22. The van der Waals surface area contributed by atoms with E-state index in [-0.39, 0.29) is 74.3 Å². The fraction of sp³-hybridized carbons (Fsp3) is 1.00. The zero-order valence-electron chi connectivity index (χ0n) is 10.5. The summed E-state index contributed by atoms with van der Waals surface area (Å²) < 4.78 is 0. The van der Waals surface area contributed by atoms with Crippen LogP contribution in [0.3, 0.4) is 0 Å². The summed E-state index contributed by atoms with van der Waals surface area (Å²) in [4.78, 5) is 0. The van der Waals surface area contributed by atoms with Crippen molar-refractivity contribution < 1.29 is 0 Å². The van der Waals surface area contributed by atoms with Crippen LogP contribution in [0.1, 0.15) is 154 Å². The average molecular weight is 347 g/mol. The lowest BCUT2D eigenvalue weighted by Crippen LogP contribution is -1.91. The molecule has 0 fully saturated rings.